The number of amides is 1. The van der Waals surface area contributed by atoms with Crippen LogP contribution in [0.15, 0.2) is 36.4 Å². The zero-order chi connectivity index (χ0) is 15.4. The summed E-state index contributed by atoms with van der Waals surface area (Å²) in [6.45, 7) is 2.28. The van der Waals surface area contributed by atoms with Crippen molar-refractivity contribution in [2.45, 2.75) is 13.5 Å². The number of primary amides is 1. The van der Waals surface area contributed by atoms with Crippen LogP contribution in [0.5, 0.6) is 0 Å². The fraction of sp³-hybridized carbons (Fsp3) is 0.125. The van der Waals surface area contributed by atoms with Crippen molar-refractivity contribution in [3.63, 3.8) is 0 Å². The third-order valence-corrected chi connectivity index (χ3v) is 3.22. The van der Waals surface area contributed by atoms with Crippen LogP contribution in [0.4, 0.5) is 10.1 Å². The maximum Gasteiger partial charge on any atom is 0.248 e. The number of nitrogens with zero attached hydrogens (tertiary/aromatic N) is 1. The highest BCUT2D eigenvalue weighted by Gasteiger charge is 2.08. The molecule has 0 saturated heterocycles. The molecule has 3 N–H and O–H groups in total. The van der Waals surface area contributed by atoms with Crippen molar-refractivity contribution in [2.75, 3.05) is 5.32 Å². The number of anilines is 1. The first-order valence-electron chi connectivity index (χ1n) is 6.34. The summed E-state index contributed by atoms with van der Waals surface area (Å²) in [7, 11) is 0. The molecule has 2 rings (SSSR count). The van der Waals surface area contributed by atoms with E-state index in [2.05, 4.69) is 5.32 Å². The number of benzene rings is 2. The monoisotopic (exact) mass is 283 g/mol. The zero-order valence-corrected chi connectivity index (χ0v) is 11.5. The second kappa shape index (κ2) is 6.06. The van der Waals surface area contributed by atoms with Gasteiger partial charge in [-0.05, 0) is 42.3 Å². The molecule has 21 heavy (non-hydrogen) atoms. The molecule has 0 atom stereocenters. The van der Waals surface area contributed by atoms with Crippen LogP contribution in [-0.4, -0.2) is 5.91 Å². The number of nitrogens with one attached hydrogen (secondary N) is 1. The van der Waals surface area contributed by atoms with E-state index in [0.717, 1.165) is 11.1 Å². The maximum atomic E-state index is 13.5. The lowest BCUT2D eigenvalue weighted by Crippen LogP contribution is -2.12. The van der Waals surface area contributed by atoms with Crippen LogP contribution < -0.4 is 11.1 Å². The number of hydrogen-bond donors (Lipinski definition) is 2. The van der Waals surface area contributed by atoms with Gasteiger partial charge in [0.25, 0.3) is 0 Å². The first-order chi connectivity index (χ1) is 10.0. The van der Waals surface area contributed by atoms with Crippen LogP contribution in [0.3, 0.4) is 0 Å². The molecule has 0 aromatic heterocycles. The third kappa shape index (κ3) is 3.18. The molecule has 0 fully saturated rings. The predicted octanol–water partition coefficient (Wildman–Crippen LogP) is 2.72. The first kappa shape index (κ1) is 14.5. The van der Waals surface area contributed by atoms with Crippen molar-refractivity contribution in [2.24, 2.45) is 5.73 Å². The molecule has 0 spiro atoms. The van der Waals surface area contributed by atoms with E-state index in [-0.39, 0.29) is 5.56 Å². The SMILES string of the molecule is Cc1cc(C(N)=O)ccc1CNc1cccc(F)c1C#N. The molecule has 0 aliphatic rings. The summed E-state index contributed by atoms with van der Waals surface area (Å²) >= 11 is 0. The van der Waals surface area contributed by atoms with Gasteiger partial charge in [0.2, 0.25) is 5.91 Å². The number of rotatable bonds is 4. The molecule has 2 aromatic rings. The Kier molecular flexibility index (Phi) is 4.19. The Balaban J connectivity index is 2.20. The van der Waals surface area contributed by atoms with Crippen molar-refractivity contribution >= 4 is 11.6 Å². The molecule has 0 heterocycles. The Hall–Kier alpha value is -2.87. The second-order valence-corrected chi connectivity index (χ2v) is 4.63. The number of halogens is 1. The minimum absolute atomic E-state index is 0.0103. The number of hydrogen-bond acceptors (Lipinski definition) is 3. The summed E-state index contributed by atoms with van der Waals surface area (Å²) < 4.78 is 13.5. The molecule has 0 unspecified atom stereocenters. The third-order valence-electron chi connectivity index (χ3n) is 3.22. The van der Waals surface area contributed by atoms with Gasteiger partial charge in [0, 0.05) is 12.1 Å². The molecule has 2 aromatic carbocycles. The largest absolute Gasteiger partial charge is 0.380 e. The van der Waals surface area contributed by atoms with Crippen molar-refractivity contribution in [1.29, 1.82) is 5.26 Å². The molecule has 0 aliphatic carbocycles. The molecular weight excluding hydrogens is 269 g/mol. The number of nitrogens with two attached hydrogens (primary N) is 1. The summed E-state index contributed by atoms with van der Waals surface area (Å²) in [6.07, 6.45) is 0. The van der Waals surface area contributed by atoms with Gasteiger partial charge in [0.05, 0.1) is 5.69 Å². The Morgan fingerprint density at radius 3 is 2.76 bits per heavy atom. The van der Waals surface area contributed by atoms with Crippen LogP contribution in [0.25, 0.3) is 0 Å². The van der Waals surface area contributed by atoms with Crippen molar-refractivity contribution in [3.05, 3.63) is 64.5 Å². The highest BCUT2D eigenvalue weighted by molar-refractivity contribution is 5.93. The quantitative estimate of drug-likeness (QED) is 0.905. The lowest BCUT2D eigenvalue weighted by Gasteiger charge is -2.11. The van der Waals surface area contributed by atoms with E-state index >= 15 is 0 Å². The Labute approximate surface area is 122 Å². The first-order valence-corrected chi connectivity index (χ1v) is 6.34. The van der Waals surface area contributed by atoms with Gasteiger partial charge >= 0.3 is 0 Å². The van der Waals surface area contributed by atoms with Crippen molar-refractivity contribution < 1.29 is 9.18 Å². The van der Waals surface area contributed by atoms with Gasteiger partial charge in [0.1, 0.15) is 17.4 Å². The minimum atomic E-state index is -0.553. The van der Waals surface area contributed by atoms with Crippen LogP contribution in [0.2, 0.25) is 0 Å². The lowest BCUT2D eigenvalue weighted by molar-refractivity contribution is 0.1000. The number of nitriles is 1. The van der Waals surface area contributed by atoms with E-state index in [1.54, 1.807) is 30.3 Å². The molecule has 0 bridgehead atoms. The van der Waals surface area contributed by atoms with Gasteiger partial charge in [-0.25, -0.2) is 4.39 Å². The predicted molar refractivity (Wildman–Crippen MR) is 78.1 cm³/mol. The average Bonchev–Trinajstić information content (AvgIpc) is 2.45. The van der Waals surface area contributed by atoms with Crippen molar-refractivity contribution in [3.8, 4) is 6.07 Å². The fourth-order valence-corrected chi connectivity index (χ4v) is 2.02. The van der Waals surface area contributed by atoms with Gasteiger partial charge in [-0.2, -0.15) is 5.26 Å². The lowest BCUT2D eigenvalue weighted by atomic mass is 10.0. The smallest absolute Gasteiger partial charge is 0.248 e. The molecular formula is C16H14FN3O. The second-order valence-electron chi connectivity index (χ2n) is 4.63. The van der Waals surface area contributed by atoms with E-state index in [0.29, 0.717) is 17.8 Å². The molecule has 106 valence electrons. The highest BCUT2D eigenvalue weighted by atomic mass is 19.1. The normalized spacial score (nSPS) is 9.95. The van der Waals surface area contributed by atoms with Gasteiger partial charge in [-0.3, -0.25) is 4.79 Å². The Bertz CT molecular complexity index is 735. The maximum absolute atomic E-state index is 13.5. The molecule has 5 heteroatoms. The van der Waals surface area contributed by atoms with E-state index in [9.17, 15) is 9.18 Å². The standard InChI is InChI=1S/C16H14FN3O/c1-10-7-11(16(19)21)5-6-12(10)9-20-15-4-2-3-14(17)13(15)8-18/h2-7,20H,9H2,1H3,(H2,19,21). The van der Waals surface area contributed by atoms with Gasteiger partial charge < -0.3 is 11.1 Å². The van der Waals surface area contributed by atoms with Gasteiger partial charge in [0.15, 0.2) is 0 Å². The van der Waals surface area contributed by atoms with Crippen LogP contribution in [0, 0.1) is 24.1 Å². The molecule has 4 nitrogen and oxygen atoms in total. The zero-order valence-electron chi connectivity index (χ0n) is 11.5. The molecule has 1 amide bonds. The topological polar surface area (TPSA) is 78.9 Å². The van der Waals surface area contributed by atoms with Gasteiger partial charge in [-0.1, -0.05) is 12.1 Å². The summed E-state index contributed by atoms with van der Waals surface area (Å²) in [6, 6.07) is 11.4. The number of carbonyl (C=O) groups excluding carboxylic acids is 1. The van der Waals surface area contributed by atoms with Crippen LogP contribution in [-0.2, 0) is 6.54 Å². The summed E-state index contributed by atoms with van der Waals surface area (Å²) in [5.74, 6) is -1.03. The summed E-state index contributed by atoms with van der Waals surface area (Å²) in [4.78, 5) is 11.1. The summed E-state index contributed by atoms with van der Waals surface area (Å²) in [5.41, 5.74) is 7.93. The number of carbonyl (C=O) groups is 1. The van der Waals surface area contributed by atoms with E-state index in [4.69, 9.17) is 11.0 Å². The fourth-order valence-electron chi connectivity index (χ4n) is 2.02. The minimum Gasteiger partial charge on any atom is -0.380 e. The van der Waals surface area contributed by atoms with Crippen LogP contribution in [0.1, 0.15) is 27.0 Å². The van der Waals surface area contributed by atoms with Crippen molar-refractivity contribution in [1.82, 2.24) is 0 Å². The molecule has 0 radical (unpaired) electrons. The molecule has 0 saturated carbocycles. The van der Waals surface area contributed by atoms with E-state index in [1.807, 2.05) is 13.0 Å². The Morgan fingerprint density at radius 2 is 2.14 bits per heavy atom. The number of aryl methyl sites for hydroxylation is 1. The average molecular weight is 283 g/mol. The van der Waals surface area contributed by atoms with Crippen LogP contribution >= 0.6 is 0 Å². The van der Waals surface area contributed by atoms with E-state index < -0.39 is 11.7 Å². The van der Waals surface area contributed by atoms with E-state index in [1.165, 1.54) is 6.07 Å². The van der Waals surface area contributed by atoms with Gasteiger partial charge in [-0.15, -0.1) is 0 Å². The molecule has 0 aliphatic heterocycles. The summed E-state index contributed by atoms with van der Waals surface area (Å²) in [5, 5.41) is 12.0. The Morgan fingerprint density at radius 1 is 1.38 bits per heavy atom. The highest BCUT2D eigenvalue weighted by Crippen LogP contribution is 2.19.